The Labute approximate surface area is 157 Å². The van der Waals surface area contributed by atoms with Gasteiger partial charge >= 0.3 is 0 Å². The predicted octanol–water partition coefficient (Wildman–Crippen LogP) is 3.46. The van der Waals surface area contributed by atoms with Gasteiger partial charge in [-0.25, -0.2) is 4.68 Å². The number of benzene rings is 2. The number of para-hydroxylation sites is 1. The van der Waals surface area contributed by atoms with Crippen molar-refractivity contribution in [2.24, 2.45) is 0 Å². The Morgan fingerprint density at radius 2 is 1.67 bits per heavy atom. The van der Waals surface area contributed by atoms with Gasteiger partial charge in [0.2, 0.25) is 5.75 Å². The molecule has 7 heteroatoms. The van der Waals surface area contributed by atoms with E-state index in [-0.39, 0.29) is 5.91 Å². The van der Waals surface area contributed by atoms with Crippen LogP contribution in [0.25, 0.3) is 5.69 Å². The average molecular weight is 367 g/mol. The SMILES string of the molecule is COc1ccc(C(=O)Nc2c(C)cnn2-c2ccccc2)c(OC)c1OC. The summed E-state index contributed by atoms with van der Waals surface area (Å²) in [6.45, 7) is 1.88. The molecule has 0 saturated heterocycles. The first-order chi connectivity index (χ1) is 13.1. The first kappa shape index (κ1) is 18.3. The summed E-state index contributed by atoms with van der Waals surface area (Å²) in [5.74, 6) is 1.40. The number of hydrogen-bond donors (Lipinski definition) is 1. The standard InChI is InChI=1S/C20H21N3O4/c1-13-12-21-23(14-8-6-5-7-9-14)19(13)22-20(24)15-10-11-16(25-2)18(27-4)17(15)26-3/h5-12H,1-4H3,(H,22,24). The number of amides is 1. The summed E-state index contributed by atoms with van der Waals surface area (Å²) in [7, 11) is 4.50. The molecule has 3 aromatic rings. The number of carbonyl (C=O) groups is 1. The minimum Gasteiger partial charge on any atom is -0.493 e. The van der Waals surface area contributed by atoms with Crippen LogP contribution in [0.4, 0.5) is 5.82 Å². The van der Waals surface area contributed by atoms with Crippen LogP contribution in [-0.2, 0) is 0 Å². The lowest BCUT2D eigenvalue weighted by Gasteiger charge is -2.16. The van der Waals surface area contributed by atoms with Crippen LogP contribution in [0.1, 0.15) is 15.9 Å². The lowest BCUT2D eigenvalue weighted by atomic mass is 10.1. The van der Waals surface area contributed by atoms with Crippen LogP contribution in [0.2, 0.25) is 0 Å². The molecule has 0 fully saturated rings. The Kier molecular flexibility index (Phi) is 5.30. The fraction of sp³-hybridized carbons (Fsp3) is 0.200. The molecule has 0 aliphatic heterocycles. The highest BCUT2D eigenvalue weighted by Crippen LogP contribution is 2.40. The number of hydrogen-bond acceptors (Lipinski definition) is 5. The smallest absolute Gasteiger partial charge is 0.260 e. The molecule has 1 amide bonds. The van der Waals surface area contributed by atoms with Crippen LogP contribution in [0.15, 0.2) is 48.7 Å². The molecule has 0 unspecified atom stereocenters. The van der Waals surface area contributed by atoms with Gasteiger partial charge in [0.05, 0.1) is 38.8 Å². The van der Waals surface area contributed by atoms with Crippen molar-refractivity contribution in [1.82, 2.24) is 9.78 Å². The van der Waals surface area contributed by atoms with Gasteiger partial charge in [0, 0.05) is 5.56 Å². The second-order valence-electron chi connectivity index (χ2n) is 5.76. The van der Waals surface area contributed by atoms with Crippen LogP contribution in [0, 0.1) is 6.92 Å². The van der Waals surface area contributed by atoms with E-state index in [9.17, 15) is 4.79 Å². The van der Waals surface area contributed by atoms with Crippen molar-refractivity contribution < 1.29 is 19.0 Å². The van der Waals surface area contributed by atoms with E-state index in [4.69, 9.17) is 14.2 Å². The third-order valence-corrected chi connectivity index (χ3v) is 4.13. The van der Waals surface area contributed by atoms with E-state index in [2.05, 4.69) is 10.4 Å². The van der Waals surface area contributed by atoms with Gasteiger partial charge in [0.25, 0.3) is 5.91 Å². The molecule has 1 N–H and O–H groups in total. The largest absolute Gasteiger partial charge is 0.493 e. The normalized spacial score (nSPS) is 10.4. The monoisotopic (exact) mass is 367 g/mol. The maximum atomic E-state index is 13.0. The van der Waals surface area contributed by atoms with Crippen molar-refractivity contribution in [2.45, 2.75) is 6.92 Å². The second-order valence-corrected chi connectivity index (χ2v) is 5.76. The fourth-order valence-electron chi connectivity index (χ4n) is 2.80. The number of ether oxygens (including phenoxy) is 3. The van der Waals surface area contributed by atoms with Crippen LogP contribution in [-0.4, -0.2) is 37.0 Å². The highest BCUT2D eigenvalue weighted by Gasteiger charge is 2.22. The van der Waals surface area contributed by atoms with E-state index in [0.717, 1.165) is 11.3 Å². The van der Waals surface area contributed by atoms with Gasteiger partial charge in [-0.1, -0.05) is 18.2 Å². The molecule has 1 heterocycles. The average Bonchev–Trinajstić information content (AvgIpc) is 3.07. The third-order valence-electron chi connectivity index (χ3n) is 4.13. The number of nitrogens with one attached hydrogen (secondary N) is 1. The highest BCUT2D eigenvalue weighted by atomic mass is 16.5. The molecule has 0 aliphatic rings. The van der Waals surface area contributed by atoms with Crippen molar-refractivity contribution in [3.63, 3.8) is 0 Å². The number of anilines is 1. The van der Waals surface area contributed by atoms with E-state index in [1.807, 2.05) is 37.3 Å². The first-order valence-electron chi connectivity index (χ1n) is 8.31. The molecule has 0 radical (unpaired) electrons. The summed E-state index contributed by atoms with van der Waals surface area (Å²) in [6, 6.07) is 12.9. The van der Waals surface area contributed by atoms with Crippen LogP contribution >= 0.6 is 0 Å². The Hall–Kier alpha value is -3.48. The van der Waals surface area contributed by atoms with Gasteiger partial charge in [-0.2, -0.15) is 5.10 Å². The number of nitrogens with zero attached hydrogens (tertiary/aromatic N) is 2. The van der Waals surface area contributed by atoms with Crippen molar-refractivity contribution in [2.75, 3.05) is 26.6 Å². The maximum absolute atomic E-state index is 13.0. The first-order valence-corrected chi connectivity index (χ1v) is 8.31. The lowest BCUT2D eigenvalue weighted by molar-refractivity contribution is 0.102. The van der Waals surface area contributed by atoms with Gasteiger partial charge in [-0.3, -0.25) is 4.79 Å². The minimum atomic E-state index is -0.339. The summed E-state index contributed by atoms with van der Waals surface area (Å²) in [5.41, 5.74) is 2.02. The molecule has 0 aliphatic carbocycles. The van der Waals surface area contributed by atoms with E-state index in [0.29, 0.717) is 28.6 Å². The van der Waals surface area contributed by atoms with Crippen LogP contribution in [0.3, 0.4) is 0 Å². The summed E-state index contributed by atoms with van der Waals surface area (Å²) in [6.07, 6.45) is 1.70. The molecule has 1 aromatic heterocycles. The Balaban J connectivity index is 1.99. The number of aromatic nitrogens is 2. The van der Waals surface area contributed by atoms with E-state index < -0.39 is 0 Å². The molecule has 0 saturated carbocycles. The molecular weight excluding hydrogens is 346 g/mol. The summed E-state index contributed by atoms with van der Waals surface area (Å²) in [5, 5.41) is 7.28. The Morgan fingerprint density at radius 3 is 2.30 bits per heavy atom. The Morgan fingerprint density at radius 1 is 0.963 bits per heavy atom. The van der Waals surface area contributed by atoms with E-state index in [1.165, 1.54) is 21.3 Å². The van der Waals surface area contributed by atoms with Crippen molar-refractivity contribution >= 4 is 11.7 Å². The van der Waals surface area contributed by atoms with Gasteiger partial charge < -0.3 is 19.5 Å². The fourth-order valence-corrected chi connectivity index (χ4v) is 2.80. The quantitative estimate of drug-likeness (QED) is 0.722. The number of aryl methyl sites for hydroxylation is 1. The highest BCUT2D eigenvalue weighted by molar-refractivity contribution is 6.07. The molecule has 0 atom stereocenters. The van der Waals surface area contributed by atoms with Crippen molar-refractivity contribution in [3.05, 3.63) is 59.8 Å². The number of carbonyl (C=O) groups excluding carboxylic acids is 1. The van der Waals surface area contributed by atoms with Crippen LogP contribution in [0.5, 0.6) is 17.2 Å². The van der Waals surface area contributed by atoms with Crippen molar-refractivity contribution in [3.8, 4) is 22.9 Å². The summed E-state index contributed by atoms with van der Waals surface area (Å²) >= 11 is 0. The van der Waals surface area contributed by atoms with Crippen LogP contribution < -0.4 is 19.5 Å². The van der Waals surface area contributed by atoms with Gasteiger partial charge in [0.15, 0.2) is 11.5 Å². The molecule has 3 rings (SSSR count). The molecule has 140 valence electrons. The second kappa shape index (κ2) is 7.82. The lowest BCUT2D eigenvalue weighted by Crippen LogP contribution is -2.17. The topological polar surface area (TPSA) is 74.6 Å². The van der Waals surface area contributed by atoms with Gasteiger partial charge in [-0.15, -0.1) is 0 Å². The molecular formula is C20H21N3O4. The summed E-state index contributed by atoms with van der Waals surface area (Å²) < 4.78 is 17.7. The molecule has 0 spiro atoms. The minimum absolute atomic E-state index is 0.303. The number of rotatable bonds is 6. The predicted molar refractivity (Wildman–Crippen MR) is 102 cm³/mol. The Bertz CT molecular complexity index is 951. The molecule has 0 bridgehead atoms. The zero-order chi connectivity index (χ0) is 19.4. The molecule has 27 heavy (non-hydrogen) atoms. The molecule has 2 aromatic carbocycles. The van der Waals surface area contributed by atoms with Gasteiger partial charge in [-0.05, 0) is 31.2 Å². The van der Waals surface area contributed by atoms with E-state index >= 15 is 0 Å². The van der Waals surface area contributed by atoms with Gasteiger partial charge in [0.1, 0.15) is 5.82 Å². The molecule has 7 nitrogen and oxygen atoms in total. The van der Waals surface area contributed by atoms with Crippen molar-refractivity contribution in [1.29, 1.82) is 0 Å². The third kappa shape index (κ3) is 3.44. The maximum Gasteiger partial charge on any atom is 0.260 e. The van der Waals surface area contributed by atoms with E-state index in [1.54, 1.807) is 23.0 Å². The number of methoxy groups -OCH3 is 3. The summed E-state index contributed by atoms with van der Waals surface area (Å²) in [4.78, 5) is 13.0. The zero-order valence-corrected chi connectivity index (χ0v) is 15.6. The zero-order valence-electron chi connectivity index (χ0n) is 15.6.